The quantitative estimate of drug-likeness (QED) is 0.717. The summed E-state index contributed by atoms with van der Waals surface area (Å²) in [6.07, 6.45) is 1.81. The van der Waals surface area contributed by atoms with Crippen molar-refractivity contribution in [2.24, 2.45) is 5.92 Å². The molecule has 2 saturated heterocycles. The molecular weight excluding hydrogens is 408 g/mol. The van der Waals surface area contributed by atoms with Crippen molar-refractivity contribution in [3.63, 3.8) is 0 Å². The smallest absolute Gasteiger partial charge is 0.243 e. The Hall–Kier alpha value is -1.84. The summed E-state index contributed by atoms with van der Waals surface area (Å²) in [5.74, 6) is 0.991. The average molecular weight is 439 g/mol. The van der Waals surface area contributed by atoms with Gasteiger partial charge in [-0.2, -0.15) is 4.31 Å². The van der Waals surface area contributed by atoms with Crippen LogP contribution in [0.25, 0.3) is 0 Å². The Morgan fingerprint density at radius 2 is 1.73 bits per heavy atom. The van der Waals surface area contributed by atoms with E-state index < -0.39 is 10.0 Å². The van der Waals surface area contributed by atoms with Crippen molar-refractivity contribution in [3.05, 3.63) is 18.2 Å². The first-order valence-corrected chi connectivity index (χ1v) is 12.0. The van der Waals surface area contributed by atoms with Gasteiger partial charge < -0.3 is 19.1 Å². The van der Waals surface area contributed by atoms with E-state index in [0.29, 0.717) is 70.4 Å². The number of hydrogen-bond donors (Lipinski definition) is 0. The monoisotopic (exact) mass is 438 g/mol. The summed E-state index contributed by atoms with van der Waals surface area (Å²) in [5.41, 5.74) is -0.331. The second-order valence-electron chi connectivity index (χ2n) is 8.69. The lowest BCUT2D eigenvalue weighted by Crippen LogP contribution is -2.58. The third kappa shape index (κ3) is 4.15. The second-order valence-corrected chi connectivity index (χ2v) is 10.6. The molecule has 3 aliphatic heterocycles. The van der Waals surface area contributed by atoms with E-state index in [-0.39, 0.29) is 22.3 Å². The average Bonchev–Trinajstić information content (AvgIpc) is 2.98. The van der Waals surface area contributed by atoms with Crippen LogP contribution in [0.5, 0.6) is 11.5 Å². The zero-order valence-electron chi connectivity index (χ0n) is 17.6. The molecule has 0 bridgehead atoms. The van der Waals surface area contributed by atoms with Crippen LogP contribution in [0.4, 0.5) is 0 Å². The topological polar surface area (TPSA) is 85.4 Å². The maximum Gasteiger partial charge on any atom is 0.243 e. The van der Waals surface area contributed by atoms with Gasteiger partial charge in [0.2, 0.25) is 15.9 Å². The molecule has 2 fully saturated rings. The molecule has 1 aromatic rings. The predicted molar refractivity (Wildman–Crippen MR) is 110 cm³/mol. The van der Waals surface area contributed by atoms with Crippen LogP contribution in [0.15, 0.2) is 23.1 Å². The van der Waals surface area contributed by atoms with E-state index in [1.165, 1.54) is 4.31 Å². The fraction of sp³-hybridized carbons (Fsp3) is 0.667. The highest BCUT2D eigenvalue weighted by Gasteiger charge is 2.39. The third-order valence-corrected chi connectivity index (χ3v) is 7.97. The van der Waals surface area contributed by atoms with Crippen molar-refractivity contribution in [2.45, 2.75) is 43.5 Å². The number of hydrogen-bond acceptors (Lipinski definition) is 6. The molecule has 4 rings (SSSR count). The number of amides is 1. The van der Waals surface area contributed by atoms with Gasteiger partial charge in [-0.15, -0.1) is 0 Å². The molecule has 166 valence electrons. The number of rotatable bonds is 3. The number of ether oxygens (including phenoxy) is 3. The lowest BCUT2D eigenvalue weighted by molar-refractivity contribution is -0.151. The number of carbonyl (C=O) groups excluding carboxylic acids is 1. The Balaban J connectivity index is 1.43. The number of piperidine rings is 1. The van der Waals surface area contributed by atoms with Gasteiger partial charge in [0.15, 0.2) is 11.5 Å². The molecule has 1 amide bonds. The first kappa shape index (κ1) is 21.4. The summed E-state index contributed by atoms with van der Waals surface area (Å²) >= 11 is 0. The molecule has 0 aliphatic carbocycles. The van der Waals surface area contributed by atoms with E-state index in [9.17, 15) is 13.2 Å². The van der Waals surface area contributed by atoms with Crippen molar-refractivity contribution >= 4 is 15.9 Å². The molecular formula is C21H30N2O6S. The predicted octanol–water partition coefficient (Wildman–Crippen LogP) is 1.89. The van der Waals surface area contributed by atoms with Gasteiger partial charge in [0.05, 0.1) is 36.9 Å². The van der Waals surface area contributed by atoms with Gasteiger partial charge in [-0.25, -0.2) is 8.42 Å². The molecule has 0 atom stereocenters. The second kappa shape index (κ2) is 8.36. The third-order valence-electron chi connectivity index (χ3n) is 6.07. The van der Waals surface area contributed by atoms with Crippen molar-refractivity contribution in [1.29, 1.82) is 0 Å². The lowest BCUT2D eigenvalue weighted by atomic mass is 9.93. The Kier molecular flexibility index (Phi) is 5.96. The minimum Gasteiger partial charge on any atom is -0.490 e. The first-order valence-electron chi connectivity index (χ1n) is 10.6. The summed E-state index contributed by atoms with van der Waals surface area (Å²) in [5, 5.41) is 0. The van der Waals surface area contributed by atoms with Gasteiger partial charge in [-0.3, -0.25) is 4.79 Å². The SMILES string of the molecule is CC1(C)COCCN1C(=O)C1CCN(S(=O)(=O)c2ccc3c(c2)OCCCO3)CC1. The zero-order chi connectivity index (χ0) is 21.4. The molecule has 0 N–H and O–H groups in total. The Morgan fingerprint density at radius 3 is 2.43 bits per heavy atom. The molecule has 0 saturated carbocycles. The van der Waals surface area contributed by atoms with Gasteiger partial charge in [0.25, 0.3) is 0 Å². The largest absolute Gasteiger partial charge is 0.490 e. The standard InChI is InChI=1S/C21H30N2O6S/c1-21(2)15-27-13-10-23(21)20(24)16-6-8-22(9-7-16)30(25,26)17-4-5-18-19(14-17)29-12-3-11-28-18/h4-5,14,16H,3,6-13,15H2,1-2H3. The Morgan fingerprint density at radius 1 is 1.03 bits per heavy atom. The number of carbonyl (C=O) groups is 1. The number of benzene rings is 1. The minimum atomic E-state index is -3.65. The normalized spacial score (nSPS) is 23.1. The van der Waals surface area contributed by atoms with E-state index in [4.69, 9.17) is 14.2 Å². The van der Waals surface area contributed by atoms with Crippen LogP contribution in [0.3, 0.4) is 0 Å². The van der Waals surface area contributed by atoms with E-state index in [1.807, 2.05) is 18.7 Å². The van der Waals surface area contributed by atoms with Gasteiger partial charge in [-0.05, 0) is 38.8 Å². The number of sulfonamides is 1. The maximum absolute atomic E-state index is 13.2. The van der Waals surface area contributed by atoms with E-state index in [0.717, 1.165) is 6.42 Å². The fourth-order valence-corrected chi connectivity index (χ4v) is 5.77. The van der Waals surface area contributed by atoms with Crippen LogP contribution in [-0.2, 0) is 19.6 Å². The highest BCUT2D eigenvalue weighted by atomic mass is 32.2. The van der Waals surface area contributed by atoms with Crippen molar-refractivity contribution < 1.29 is 27.4 Å². The molecule has 0 spiro atoms. The zero-order valence-corrected chi connectivity index (χ0v) is 18.4. The summed E-state index contributed by atoms with van der Waals surface area (Å²) in [6, 6.07) is 4.77. The van der Waals surface area contributed by atoms with E-state index in [2.05, 4.69) is 0 Å². The summed E-state index contributed by atoms with van der Waals surface area (Å²) in [7, 11) is -3.65. The van der Waals surface area contributed by atoms with Crippen molar-refractivity contribution in [3.8, 4) is 11.5 Å². The number of fused-ring (bicyclic) bond motifs is 1. The molecule has 3 heterocycles. The molecule has 1 aromatic carbocycles. The minimum absolute atomic E-state index is 0.107. The van der Waals surface area contributed by atoms with E-state index >= 15 is 0 Å². The number of nitrogens with zero attached hydrogens (tertiary/aromatic N) is 2. The molecule has 0 aromatic heterocycles. The van der Waals surface area contributed by atoms with Crippen LogP contribution >= 0.6 is 0 Å². The maximum atomic E-state index is 13.2. The molecule has 8 nitrogen and oxygen atoms in total. The van der Waals surface area contributed by atoms with Gasteiger partial charge in [0.1, 0.15) is 0 Å². The molecule has 0 unspecified atom stereocenters. The van der Waals surface area contributed by atoms with Crippen LogP contribution in [0, 0.1) is 5.92 Å². The van der Waals surface area contributed by atoms with Crippen LogP contribution in [0.1, 0.15) is 33.1 Å². The summed E-state index contributed by atoms with van der Waals surface area (Å²) in [6.45, 7) is 7.39. The molecule has 3 aliphatic rings. The highest BCUT2D eigenvalue weighted by Crippen LogP contribution is 2.34. The fourth-order valence-electron chi connectivity index (χ4n) is 4.28. The van der Waals surface area contributed by atoms with Gasteiger partial charge in [-0.1, -0.05) is 0 Å². The highest BCUT2D eigenvalue weighted by molar-refractivity contribution is 7.89. The van der Waals surface area contributed by atoms with Crippen LogP contribution in [-0.4, -0.2) is 75.1 Å². The summed E-state index contributed by atoms with van der Waals surface area (Å²) in [4.78, 5) is 15.2. The van der Waals surface area contributed by atoms with Crippen molar-refractivity contribution in [2.75, 3.05) is 46.1 Å². The molecule has 30 heavy (non-hydrogen) atoms. The number of morpholine rings is 1. The van der Waals surface area contributed by atoms with Crippen LogP contribution < -0.4 is 9.47 Å². The summed E-state index contributed by atoms with van der Waals surface area (Å²) < 4.78 is 44.5. The first-order chi connectivity index (χ1) is 14.3. The molecule has 9 heteroatoms. The Labute approximate surface area is 178 Å². The lowest BCUT2D eigenvalue weighted by Gasteiger charge is -2.44. The van der Waals surface area contributed by atoms with E-state index in [1.54, 1.807) is 18.2 Å². The van der Waals surface area contributed by atoms with Gasteiger partial charge in [0, 0.05) is 38.0 Å². The van der Waals surface area contributed by atoms with Crippen molar-refractivity contribution in [1.82, 2.24) is 9.21 Å². The van der Waals surface area contributed by atoms with Gasteiger partial charge >= 0.3 is 0 Å². The molecule has 0 radical (unpaired) electrons. The Bertz CT molecular complexity index is 893. The van der Waals surface area contributed by atoms with Crippen LogP contribution in [0.2, 0.25) is 0 Å².